The Hall–Kier alpha value is -0.990. The first-order valence-corrected chi connectivity index (χ1v) is 8.22. The van der Waals surface area contributed by atoms with E-state index < -0.39 is 10.0 Å². The van der Waals surface area contributed by atoms with Crippen molar-refractivity contribution in [3.63, 3.8) is 0 Å². The van der Waals surface area contributed by atoms with Gasteiger partial charge in [0.2, 0.25) is 10.0 Å². The van der Waals surface area contributed by atoms with Gasteiger partial charge < -0.3 is 9.26 Å². The van der Waals surface area contributed by atoms with E-state index in [0.29, 0.717) is 24.8 Å². The molecule has 1 fully saturated rings. The van der Waals surface area contributed by atoms with Crippen molar-refractivity contribution in [1.29, 1.82) is 0 Å². The van der Waals surface area contributed by atoms with Crippen LogP contribution in [0, 0.1) is 0 Å². The minimum atomic E-state index is -3.14. The Morgan fingerprint density at radius 2 is 2.32 bits per heavy atom. The lowest BCUT2D eigenvalue weighted by Crippen LogP contribution is -2.42. The normalized spacial score (nSPS) is 21.7. The third-order valence-electron chi connectivity index (χ3n) is 3.08. The number of aromatic nitrogens is 2. The highest BCUT2D eigenvalue weighted by molar-refractivity contribution is 7.88. The van der Waals surface area contributed by atoms with Crippen LogP contribution in [0.5, 0.6) is 0 Å². The summed E-state index contributed by atoms with van der Waals surface area (Å²) >= 11 is 0. The maximum Gasteiger partial charge on any atom is 0.252 e. The van der Waals surface area contributed by atoms with Gasteiger partial charge in [-0.05, 0) is 12.8 Å². The van der Waals surface area contributed by atoms with Crippen molar-refractivity contribution < 1.29 is 17.7 Å². The van der Waals surface area contributed by atoms with Gasteiger partial charge in [-0.1, -0.05) is 12.1 Å². The molecule has 1 unspecified atom stereocenters. The molecule has 19 heavy (non-hydrogen) atoms. The lowest BCUT2D eigenvalue weighted by atomic mass is 10.1. The number of nitrogens with zero attached hydrogens (tertiary/aromatic N) is 3. The maximum absolute atomic E-state index is 11.5. The van der Waals surface area contributed by atoms with E-state index in [-0.39, 0.29) is 12.7 Å². The average molecular weight is 289 g/mol. The van der Waals surface area contributed by atoms with Gasteiger partial charge in [0.25, 0.3) is 5.89 Å². The van der Waals surface area contributed by atoms with Crippen LogP contribution < -0.4 is 0 Å². The predicted molar refractivity (Wildman–Crippen MR) is 67.9 cm³/mol. The second-order valence-electron chi connectivity index (χ2n) is 4.65. The maximum atomic E-state index is 11.5. The Kier molecular flexibility index (Phi) is 4.54. The Bertz CT molecular complexity index is 514. The highest BCUT2D eigenvalue weighted by Gasteiger charge is 2.26. The summed E-state index contributed by atoms with van der Waals surface area (Å²) in [4.78, 5) is 4.15. The summed E-state index contributed by atoms with van der Waals surface area (Å²) in [7, 11) is -3.14. The monoisotopic (exact) mass is 289 g/mol. The minimum Gasteiger partial charge on any atom is -0.367 e. The lowest BCUT2D eigenvalue weighted by Gasteiger charge is -2.30. The van der Waals surface area contributed by atoms with Gasteiger partial charge in [0, 0.05) is 19.5 Å². The van der Waals surface area contributed by atoms with Crippen LogP contribution in [0.25, 0.3) is 0 Å². The van der Waals surface area contributed by atoms with E-state index in [4.69, 9.17) is 9.26 Å². The Labute approximate surface area is 113 Å². The summed E-state index contributed by atoms with van der Waals surface area (Å²) in [6.45, 7) is 3.14. The first-order chi connectivity index (χ1) is 8.99. The molecule has 0 aliphatic carbocycles. The molecule has 1 aliphatic rings. The van der Waals surface area contributed by atoms with Crippen molar-refractivity contribution in [1.82, 2.24) is 14.4 Å². The van der Waals surface area contributed by atoms with E-state index in [0.717, 1.165) is 19.3 Å². The van der Waals surface area contributed by atoms with Crippen LogP contribution >= 0.6 is 0 Å². The molecule has 0 N–H and O–H groups in total. The molecular weight excluding hydrogens is 270 g/mol. The molecule has 0 amide bonds. The van der Waals surface area contributed by atoms with Crippen molar-refractivity contribution in [3.05, 3.63) is 11.7 Å². The van der Waals surface area contributed by atoms with E-state index in [1.54, 1.807) is 0 Å². The molecule has 0 bridgehead atoms. The third kappa shape index (κ3) is 3.99. The summed E-state index contributed by atoms with van der Waals surface area (Å²) in [5.74, 6) is 1.09. The van der Waals surface area contributed by atoms with Gasteiger partial charge in [0.05, 0.1) is 12.4 Å². The fourth-order valence-corrected chi connectivity index (χ4v) is 2.92. The van der Waals surface area contributed by atoms with E-state index in [9.17, 15) is 8.42 Å². The highest BCUT2D eigenvalue weighted by Crippen LogP contribution is 2.16. The van der Waals surface area contributed by atoms with Crippen LogP contribution in [0.2, 0.25) is 0 Å². The standard InChI is InChI=1S/C11H19N3O4S/c1-3-10-12-11(18-13-10)8-17-9-5-4-6-14(7-9)19(2,15)16/h9H,3-8H2,1-2H3. The molecule has 2 heterocycles. The summed E-state index contributed by atoms with van der Waals surface area (Å²) < 4.78 is 35.1. The average Bonchev–Trinajstić information content (AvgIpc) is 2.84. The van der Waals surface area contributed by atoms with E-state index in [1.807, 2.05) is 6.92 Å². The Balaban J connectivity index is 1.86. The Morgan fingerprint density at radius 1 is 1.53 bits per heavy atom. The second kappa shape index (κ2) is 5.98. The molecular formula is C11H19N3O4S. The second-order valence-corrected chi connectivity index (χ2v) is 6.64. The van der Waals surface area contributed by atoms with Crippen LogP contribution in [0.4, 0.5) is 0 Å². The van der Waals surface area contributed by atoms with Crippen molar-refractivity contribution in [3.8, 4) is 0 Å². The van der Waals surface area contributed by atoms with Gasteiger partial charge in [-0.3, -0.25) is 0 Å². The van der Waals surface area contributed by atoms with Crippen LogP contribution in [0.15, 0.2) is 4.52 Å². The molecule has 1 aromatic rings. The van der Waals surface area contributed by atoms with Crippen molar-refractivity contribution in [2.75, 3.05) is 19.3 Å². The summed E-state index contributed by atoms with van der Waals surface area (Å²) in [5.41, 5.74) is 0. The largest absolute Gasteiger partial charge is 0.367 e. The topological polar surface area (TPSA) is 85.5 Å². The molecule has 8 heteroatoms. The molecule has 1 atom stereocenters. The number of hydrogen-bond acceptors (Lipinski definition) is 6. The Morgan fingerprint density at radius 3 is 2.95 bits per heavy atom. The summed E-state index contributed by atoms with van der Waals surface area (Å²) in [6.07, 6.45) is 3.48. The summed E-state index contributed by atoms with van der Waals surface area (Å²) in [6, 6.07) is 0. The molecule has 1 saturated heterocycles. The van der Waals surface area contributed by atoms with E-state index >= 15 is 0 Å². The van der Waals surface area contributed by atoms with Gasteiger partial charge in [-0.25, -0.2) is 8.42 Å². The van der Waals surface area contributed by atoms with Gasteiger partial charge in [-0.15, -0.1) is 0 Å². The zero-order chi connectivity index (χ0) is 13.9. The zero-order valence-corrected chi connectivity index (χ0v) is 12.0. The minimum absolute atomic E-state index is 0.111. The first kappa shape index (κ1) is 14.4. The highest BCUT2D eigenvalue weighted by atomic mass is 32.2. The molecule has 0 saturated carbocycles. The molecule has 0 aromatic carbocycles. The first-order valence-electron chi connectivity index (χ1n) is 6.37. The smallest absolute Gasteiger partial charge is 0.252 e. The molecule has 0 spiro atoms. The van der Waals surface area contributed by atoms with Crippen molar-refractivity contribution in [2.24, 2.45) is 0 Å². The van der Waals surface area contributed by atoms with E-state index in [1.165, 1.54) is 10.6 Å². The third-order valence-corrected chi connectivity index (χ3v) is 4.35. The molecule has 0 radical (unpaired) electrons. The van der Waals surface area contributed by atoms with Gasteiger partial charge in [-0.2, -0.15) is 9.29 Å². The fraction of sp³-hybridized carbons (Fsp3) is 0.818. The molecule has 2 rings (SSSR count). The van der Waals surface area contributed by atoms with Crippen LogP contribution in [-0.2, 0) is 27.8 Å². The van der Waals surface area contributed by atoms with Crippen molar-refractivity contribution in [2.45, 2.75) is 38.9 Å². The fourth-order valence-electron chi connectivity index (χ4n) is 2.02. The number of rotatable bonds is 5. The van der Waals surface area contributed by atoms with E-state index in [2.05, 4.69) is 10.1 Å². The number of hydrogen-bond donors (Lipinski definition) is 0. The van der Waals surface area contributed by atoms with Gasteiger partial charge >= 0.3 is 0 Å². The van der Waals surface area contributed by atoms with Crippen molar-refractivity contribution >= 4 is 10.0 Å². The van der Waals surface area contributed by atoms with Gasteiger partial charge in [0.15, 0.2) is 5.82 Å². The number of sulfonamides is 1. The number of piperidine rings is 1. The van der Waals surface area contributed by atoms with Crippen LogP contribution in [-0.4, -0.2) is 48.3 Å². The zero-order valence-electron chi connectivity index (χ0n) is 11.2. The SMILES string of the molecule is CCc1noc(COC2CCCN(S(C)(=O)=O)C2)n1. The van der Waals surface area contributed by atoms with Crippen LogP contribution in [0.1, 0.15) is 31.5 Å². The number of ether oxygens (including phenoxy) is 1. The number of aryl methyl sites for hydroxylation is 1. The molecule has 7 nitrogen and oxygen atoms in total. The molecule has 108 valence electrons. The predicted octanol–water partition coefficient (Wildman–Crippen LogP) is 0.573. The molecule has 1 aliphatic heterocycles. The lowest BCUT2D eigenvalue weighted by molar-refractivity contribution is -0.00284. The quantitative estimate of drug-likeness (QED) is 0.788. The molecule has 1 aromatic heterocycles. The summed E-state index contributed by atoms with van der Waals surface area (Å²) in [5, 5.41) is 3.78. The van der Waals surface area contributed by atoms with Gasteiger partial charge in [0.1, 0.15) is 6.61 Å². The van der Waals surface area contributed by atoms with Crippen LogP contribution in [0.3, 0.4) is 0 Å².